The molecule has 0 unspecified atom stereocenters. The summed E-state index contributed by atoms with van der Waals surface area (Å²) in [6.45, 7) is 2.51. The Morgan fingerprint density at radius 3 is 2.89 bits per heavy atom. The molecule has 5 nitrogen and oxygen atoms in total. The molecule has 2 aromatic rings. The molecule has 144 valence electrons. The van der Waals surface area contributed by atoms with Crippen LogP contribution in [0.1, 0.15) is 28.3 Å². The Hall–Kier alpha value is -1.99. The number of benzene rings is 1. The maximum Gasteiger partial charge on any atom is 0.229 e. The number of aliphatic hydroxyl groups is 1. The summed E-state index contributed by atoms with van der Waals surface area (Å²) in [5.41, 5.74) is 2.25. The van der Waals surface area contributed by atoms with Crippen LogP contribution in [-0.2, 0) is 24.1 Å². The van der Waals surface area contributed by atoms with Gasteiger partial charge < -0.3 is 14.9 Å². The number of rotatable bonds is 5. The predicted molar refractivity (Wildman–Crippen MR) is 104 cm³/mol. The van der Waals surface area contributed by atoms with Crippen molar-refractivity contribution in [3.63, 3.8) is 0 Å². The van der Waals surface area contributed by atoms with Crippen LogP contribution in [-0.4, -0.2) is 53.2 Å². The van der Waals surface area contributed by atoms with Crippen LogP contribution in [0.2, 0.25) is 0 Å². The maximum absolute atomic E-state index is 13.6. The Morgan fingerprint density at radius 1 is 1.30 bits per heavy atom. The van der Waals surface area contributed by atoms with Crippen molar-refractivity contribution >= 4 is 22.9 Å². The molecule has 1 saturated heterocycles. The standard InChI is InChI=1S/C20H24FN3O2S/c21-15-2-1-14-3-9-24(18(14)11-15)16-4-7-23(8-5-16)20(26)12-19-22-13-17(27-19)6-10-25/h1-2,11,13,16,25H,3-10,12H2. The molecule has 7 heteroatoms. The Labute approximate surface area is 162 Å². The van der Waals surface area contributed by atoms with Gasteiger partial charge in [-0.15, -0.1) is 11.3 Å². The molecule has 1 fully saturated rings. The smallest absolute Gasteiger partial charge is 0.229 e. The molecular weight excluding hydrogens is 365 g/mol. The summed E-state index contributed by atoms with van der Waals surface area (Å²) in [4.78, 5) is 22.1. The van der Waals surface area contributed by atoms with Crippen LogP contribution in [0.25, 0.3) is 0 Å². The van der Waals surface area contributed by atoms with Gasteiger partial charge >= 0.3 is 0 Å². The first-order valence-electron chi connectivity index (χ1n) is 9.51. The third kappa shape index (κ3) is 3.99. The minimum atomic E-state index is -0.183. The summed E-state index contributed by atoms with van der Waals surface area (Å²) in [5.74, 6) is -0.0662. The number of fused-ring (bicyclic) bond motifs is 1. The van der Waals surface area contributed by atoms with Crippen LogP contribution in [0, 0.1) is 5.82 Å². The van der Waals surface area contributed by atoms with E-state index in [0.29, 0.717) is 18.9 Å². The van der Waals surface area contributed by atoms with Gasteiger partial charge in [0.2, 0.25) is 5.91 Å². The monoisotopic (exact) mass is 389 g/mol. The second-order valence-electron chi connectivity index (χ2n) is 7.20. The van der Waals surface area contributed by atoms with Crippen molar-refractivity contribution in [1.82, 2.24) is 9.88 Å². The van der Waals surface area contributed by atoms with Gasteiger partial charge in [-0.2, -0.15) is 0 Å². The highest BCUT2D eigenvalue weighted by Gasteiger charge is 2.31. The number of likely N-dealkylation sites (tertiary alicyclic amines) is 1. The summed E-state index contributed by atoms with van der Waals surface area (Å²) in [6, 6.07) is 5.44. The van der Waals surface area contributed by atoms with Gasteiger partial charge in [-0.25, -0.2) is 9.37 Å². The highest BCUT2D eigenvalue weighted by atomic mass is 32.1. The number of aromatic nitrogens is 1. The van der Waals surface area contributed by atoms with E-state index in [1.165, 1.54) is 23.0 Å². The molecule has 2 aliphatic heterocycles. The van der Waals surface area contributed by atoms with E-state index in [-0.39, 0.29) is 18.3 Å². The second kappa shape index (κ2) is 7.94. The van der Waals surface area contributed by atoms with E-state index in [9.17, 15) is 9.18 Å². The zero-order valence-corrected chi connectivity index (χ0v) is 16.1. The van der Waals surface area contributed by atoms with E-state index in [1.54, 1.807) is 12.3 Å². The molecule has 1 aromatic carbocycles. The van der Waals surface area contributed by atoms with Crippen LogP contribution in [0.4, 0.5) is 10.1 Å². The highest BCUT2D eigenvalue weighted by Crippen LogP contribution is 2.33. The lowest BCUT2D eigenvalue weighted by Crippen LogP contribution is -2.46. The number of aliphatic hydroxyl groups excluding tert-OH is 1. The lowest BCUT2D eigenvalue weighted by Gasteiger charge is -2.38. The van der Waals surface area contributed by atoms with Crippen molar-refractivity contribution in [3.8, 4) is 0 Å². The molecule has 1 N–H and O–H groups in total. The van der Waals surface area contributed by atoms with Crippen molar-refractivity contribution in [1.29, 1.82) is 0 Å². The number of anilines is 1. The molecule has 3 heterocycles. The zero-order valence-electron chi connectivity index (χ0n) is 15.2. The van der Waals surface area contributed by atoms with E-state index in [4.69, 9.17) is 5.11 Å². The van der Waals surface area contributed by atoms with Crippen molar-refractivity contribution in [2.75, 3.05) is 31.1 Å². The molecule has 0 aliphatic carbocycles. The molecule has 2 aliphatic rings. The van der Waals surface area contributed by atoms with Gasteiger partial charge in [-0.3, -0.25) is 4.79 Å². The molecule has 0 bridgehead atoms. The summed E-state index contributed by atoms with van der Waals surface area (Å²) < 4.78 is 13.6. The van der Waals surface area contributed by atoms with E-state index >= 15 is 0 Å². The summed E-state index contributed by atoms with van der Waals surface area (Å²) in [7, 11) is 0. The quantitative estimate of drug-likeness (QED) is 0.853. The van der Waals surface area contributed by atoms with Crippen LogP contribution in [0.15, 0.2) is 24.4 Å². The van der Waals surface area contributed by atoms with Gasteiger partial charge in [0.05, 0.1) is 6.42 Å². The Kier molecular flexibility index (Phi) is 5.41. The third-order valence-corrected chi connectivity index (χ3v) is 6.56. The molecular formula is C20H24FN3O2S. The van der Waals surface area contributed by atoms with Gasteiger partial charge in [0.1, 0.15) is 10.8 Å². The lowest BCUT2D eigenvalue weighted by molar-refractivity contribution is -0.131. The number of hydrogen-bond acceptors (Lipinski definition) is 5. The Morgan fingerprint density at radius 2 is 2.11 bits per heavy atom. The molecule has 0 spiro atoms. The molecule has 0 saturated carbocycles. The van der Waals surface area contributed by atoms with E-state index in [1.807, 2.05) is 11.0 Å². The molecule has 1 amide bonds. The van der Waals surface area contributed by atoms with Crippen molar-refractivity contribution in [2.45, 2.75) is 38.1 Å². The van der Waals surface area contributed by atoms with Gasteiger partial charge in [-0.1, -0.05) is 6.07 Å². The van der Waals surface area contributed by atoms with Crippen LogP contribution < -0.4 is 4.90 Å². The summed E-state index contributed by atoms with van der Waals surface area (Å²) in [5, 5.41) is 9.80. The number of carbonyl (C=O) groups is 1. The van der Waals surface area contributed by atoms with Crippen LogP contribution in [0.5, 0.6) is 0 Å². The first-order valence-corrected chi connectivity index (χ1v) is 10.3. The van der Waals surface area contributed by atoms with Crippen LogP contribution >= 0.6 is 11.3 Å². The first-order chi connectivity index (χ1) is 13.1. The van der Waals surface area contributed by atoms with Crippen LogP contribution in [0.3, 0.4) is 0 Å². The van der Waals surface area contributed by atoms with Crippen molar-refractivity contribution < 1.29 is 14.3 Å². The zero-order chi connectivity index (χ0) is 18.8. The van der Waals surface area contributed by atoms with Gasteiger partial charge in [0, 0.05) is 55.5 Å². The fraction of sp³-hybridized carbons (Fsp3) is 0.500. The molecule has 1 aromatic heterocycles. The van der Waals surface area contributed by atoms with Crippen molar-refractivity contribution in [2.24, 2.45) is 0 Å². The molecule has 0 atom stereocenters. The van der Waals surface area contributed by atoms with E-state index in [2.05, 4.69) is 9.88 Å². The van der Waals surface area contributed by atoms with E-state index in [0.717, 1.165) is 54.5 Å². The Bertz CT molecular complexity index is 817. The minimum absolute atomic E-state index is 0.104. The van der Waals surface area contributed by atoms with Gasteiger partial charge in [0.25, 0.3) is 0 Å². The number of hydrogen-bond donors (Lipinski definition) is 1. The number of halogens is 1. The minimum Gasteiger partial charge on any atom is -0.396 e. The number of carbonyl (C=O) groups excluding carboxylic acids is 1. The second-order valence-corrected chi connectivity index (χ2v) is 8.40. The van der Waals surface area contributed by atoms with Gasteiger partial charge in [-0.05, 0) is 37.0 Å². The predicted octanol–water partition coefficient (Wildman–Crippen LogP) is 2.41. The number of amides is 1. The first kappa shape index (κ1) is 18.4. The maximum atomic E-state index is 13.6. The summed E-state index contributed by atoms with van der Waals surface area (Å²) >= 11 is 1.50. The Balaban J connectivity index is 1.33. The molecule has 27 heavy (non-hydrogen) atoms. The number of thiazole rings is 1. The fourth-order valence-corrected chi connectivity index (χ4v) is 4.98. The average Bonchev–Trinajstić information content (AvgIpc) is 3.28. The highest BCUT2D eigenvalue weighted by molar-refractivity contribution is 7.11. The van der Waals surface area contributed by atoms with Crippen molar-refractivity contribution in [3.05, 3.63) is 45.7 Å². The SMILES string of the molecule is O=C(Cc1ncc(CCO)s1)N1CCC(N2CCc3ccc(F)cc32)CC1. The average molecular weight is 389 g/mol. The summed E-state index contributed by atoms with van der Waals surface area (Å²) in [6.07, 6.45) is 5.47. The number of piperidine rings is 1. The largest absolute Gasteiger partial charge is 0.396 e. The topological polar surface area (TPSA) is 56.7 Å². The fourth-order valence-electron chi connectivity index (χ4n) is 4.08. The normalized spacial score (nSPS) is 17.4. The third-order valence-electron chi connectivity index (χ3n) is 5.50. The number of nitrogens with zero attached hydrogens (tertiary/aromatic N) is 3. The van der Waals surface area contributed by atoms with Gasteiger partial charge in [0.15, 0.2) is 0 Å². The molecule has 4 rings (SSSR count). The lowest BCUT2D eigenvalue weighted by atomic mass is 10.0. The molecule has 0 radical (unpaired) electrons. The van der Waals surface area contributed by atoms with E-state index < -0.39 is 0 Å².